The minimum Gasteiger partial charge on any atom is -0.353 e. The monoisotopic (exact) mass is 384 g/mol. The molecule has 0 aliphatic heterocycles. The van der Waals surface area contributed by atoms with Gasteiger partial charge in [0.05, 0.1) is 11.3 Å². The van der Waals surface area contributed by atoms with E-state index in [2.05, 4.69) is 41.3 Å². The van der Waals surface area contributed by atoms with Crippen LogP contribution in [0.25, 0.3) is 11.0 Å². The Bertz CT molecular complexity index is 1050. The molecule has 142 valence electrons. The summed E-state index contributed by atoms with van der Waals surface area (Å²) < 4.78 is 1.60. The van der Waals surface area contributed by atoms with E-state index < -0.39 is 0 Å². The van der Waals surface area contributed by atoms with Gasteiger partial charge in [0.15, 0.2) is 5.16 Å². The van der Waals surface area contributed by atoms with Gasteiger partial charge >= 0.3 is 0 Å². The van der Waals surface area contributed by atoms with E-state index in [9.17, 15) is 9.59 Å². The number of carbonyl (C=O) groups excluding carboxylic acids is 1. The van der Waals surface area contributed by atoms with Gasteiger partial charge in [-0.15, -0.1) is 0 Å². The number of rotatable bonds is 6. The summed E-state index contributed by atoms with van der Waals surface area (Å²) in [6, 6.07) is 8.01. The number of hydrogen-bond donors (Lipinski definition) is 2. The molecule has 0 saturated carbocycles. The number of hydrogen-bond acceptors (Lipinski definition) is 4. The largest absolute Gasteiger partial charge is 0.353 e. The first-order chi connectivity index (χ1) is 12.9. The van der Waals surface area contributed by atoms with Gasteiger partial charge in [-0.2, -0.15) is 0 Å². The van der Waals surface area contributed by atoms with E-state index in [0.29, 0.717) is 29.3 Å². The number of thioether (sulfide) groups is 1. The number of aromatic amines is 1. The number of nitrogens with one attached hydrogen (secondary N) is 2. The van der Waals surface area contributed by atoms with E-state index >= 15 is 0 Å². The Morgan fingerprint density at radius 3 is 2.70 bits per heavy atom. The standard InChI is InChI=1S/C20H24N4O2S/c1-5-24-19(26)18-16(9-14(4)22-18)23-20(24)27-11-17(25)21-10-15-7-6-12(2)13(3)8-15/h6-9,22H,5,10-11H2,1-4H3,(H,21,25). The normalized spacial score (nSPS) is 11.1. The Balaban J connectivity index is 1.67. The van der Waals surface area contributed by atoms with E-state index in [-0.39, 0.29) is 17.2 Å². The zero-order valence-corrected chi connectivity index (χ0v) is 16.9. The molecule has 2 heterocycles. The Hall–Kier alpha value is -2.54. The van der Waals surface area contributed by atoms with Crippen LogP contribution < -0.4 is 10.9 Å². The number of aryl methyl sites for hydroxylation is 3. The van der Waals surface area contributed by atoms with Crippen LogP contribution in [0.15, 0.2) is 34.2 Å². The molecule has 1 amide bonds. The maximum Gasteiger partial charge on any atom is 0.278 e. The van der Waals surface area contributed by atoms with E-state index in [0.717, 1.165) is 11.3 Å². The van der Waals surface area contributed by atoms with Crippen molar-refractivity contribution in [3.8, 4) is 0 Å². The minimum atomic E-state index is -0.103. The molecule has 6 nitrogen and oxygen atoms in total. The molecule has 0 saturated heterocycles. The molecule has 0 aliphatic rings. The van der Waals surface area contributed by atoms with Crippen molar-refractivity contribution in [3.63, 3.8) is 0 Å². The van der Waals surface area contributed by atoms with E-state index in [1.165, 1.54) is 22.9 Å². The van der Waals surface area contributed by atoms with Crippen LogP contribution in [0, 0.1) is 20.8 Å². The number of nitrogens with zero attached hydrogens (tertiary/aromatic N) is 2. The summed E-state index contributed by atoms with van der Waals surface area (Å²) in [5, 5.41) is 3.49. The average molecular weight is 385 g/mol. The highest BCUT2D eigenvalue weighted by molar-refractivity contribution is 7.99. The van der Waals surface area contributed by atoms with Gasteiger partial charge in [0.25, 0.3) is 5.56 Å². The van der Waals surface area contributed by atoms with Crippen LogP contribution in [0.1, 0.15) is 29.3 Å². The van der Waals surface area contributed by atoms with Crippen LogP contribution in [-0.2, 0) is 17.9 Å². The van der Waals surface area contributed by atoms with Crippen molar-refractivity contribution in [2.24, 2.45) is 0 Å². The predicted octanol–water partition coefficient (Wildman–Crippen LogP) is 3.08. The van der Waals surface area contributed by atoms with Crippen LogP contribution in [0.5, 0.6) is 0 Å². The molecular formula is C20H24N4O2S. The minimum absolute atomic E-state index is 0.0829. The van der Waals surface area contributed by atoms with E-state index in [1.807, 2.05) is 26.0 Å². The molecule has 0 fully saturated rings. The van der Waals surface area contributed by atoms with Crippen LogP contribution in [0.4, 0.5) is 0 Å². The molecule has 3 rings (SSSR count). The molecule has 1 aromatic carbocycles. The van der Waals surface area contributed by atoms with Crippen molar-refractivity contribution in [2.45, 2.75) is 45.9 Å². The maximum atomic E-state index is 12.6. The number of benzene rings is 1. The third-order valence-electron chi connectivity index (χ3n) is 4.55. The van der Waals surface area contributed by atoms with Crippen molar-refractivity contribution in [1.29, 1.82) is 0 Å². The number of amides is 1. The zero-order chi connectivity index (χ0) is 19.6. The Kier molecular flexibility index (Phi) is 5.70. The van der Waals surface area contributed by atoms with E-state index in [4.69, 9.17) is 0 Å². The number of carbonyl (C=O) groups is 1. The van der Waals surface area contributed by atoms with Crippen LogP contribution in [-0.4, -0.2) is 26.2 Å². The highest BCUT2D eigenvalue weighted by Crippen LogP contribution is 2.18. The lowest BCUT2D eigenvalue weighted by Gasteiger charge is -2.10. The van der Waals surface area contributed by atoms with Crippen LogP contribution in [0.3, 0.4) is 0 Å². The smallest absolute Gasteiger partial charge is 0.278 e. The molecule has 2 aromatic heterocycles. The lowest BCUT2D eigenvalue weighted by molar-refractivity contribution is -0.118. The first kappa shape index (κ1) is 19.2. The maximum absolute atomic E-state index is 12.6. The summed E-state index contributed by atoms with van der Waals surface area (Å²) >= 11 is 1.28. The van der Waals surface area contributed by atoms with Gasteiger partial charge in [-0.25, -0.2) is 4.98 Å². The topological polar surface area (TPSA) is 79.8 Å². The average Bonchev–Trinajstić information content (AvgIpc) is 3.01. The first-order valence-electron chi connectivity index (χ1n) is 8.94. The zero-order valence-electron chi connectivity index (χ0n) is 16.0. The molecule has 0 spiro atoms. The van der Waals surface area contributed by atoms with Gasteiger partial charge in [0, 0.05) is 18.8 Å². The Morgan fingerprint density at radius 1 is 1.22 bits per heavy atom. The molecule has 2 N–H and O–H groups in total. The summed E-state index contributed by atoms with van der Waals surface area (Å²) in [6.07, 6.45) is 0. The third kappa shape index (κ3) is 4.24. The lowest BCUT2D eigenvalue weighted by Crippen LogP contribution is -2.26. The van der Waals surface area contributed by atoms with Gasteiger partial charge in [-0.05, 0) is 50.5 Å². The molecule has 0 atom stereocenters. The molecular weight excluding hydrogens is 360 g/mol. The van der Waals surface area contributed by atoms with Crippen molar-refractivity contribution in [2.75, 3.05) is 5.75 Å². The van der Waals surface area contributed by atoms with Gasteiger partial charge in [-0.3, -0.25) is 14.2 Å². The lowest BCUT2D eigenvalue weighted by atomic mass is 10.1. The van der Waals surface area contributed by atoms with Gasteiger partial charge in [-0.1, -0.05) is 30.0 Å². The van der Waals surface area contributed by atoms with Gasteiger partial charge < -0.3 is 10.3 Å². The van der Waals surface area contributed by atoms with E-state index in [1.54, 1.807) is 4.57 Å². The molecule has 0 unspecified atom stereocenters. The summed E-state index contributed by atoms with van der Waals surface area (Å²) in [4.78, 5) is 32.4. The number of aromatic nitrogens is 3. The third-order valence-corrected chi connectivity index (χ3v) is 5.52. The Morgan fingerprint density at radius 2 is 2.00 bits per heavy atom. The fourth-order valence-corrected chi connectivity index (χ4v) is 3.79. The fourth-order valence-electron chi connectivity index (χ4n) is 2.90. The predicted molar refractivity (Wildman–Crippen MR) is 109 cm³/mol. The molecule has 0 aliphatic carbocycles. The van der Waals surface area contributed by atoms with Crippen molar-refractivity contribution in [1.82, 2.24) is 19.9 Å². The summed E-state index contributed by atoms with van der Waals surface area (Å²) in [6.45, 7) is 8.92. The van der Waals surface area contributed by atoms with Crippen LogP contribution >= 0.6 is 11.8 Å². The SMILES string of the molecule is CCn1c(SCC(=O)NCc2ccc(C)c(C)c2)nc2cc(C)[nH]c2c1=O. The second kappa shape index (κ2) is 8.00. The number of H-pyrrole nitrogens is 1. The highest BCUT2D eigenvalue weighted by Gasteiger charge is 2.13. The fraction of sp³-hybridized carbons (Fsp3) is 0.350. The molecule has 0 bridgehead atoms. The van der Waals surface area contributed by atoms with Crippen molar-refractivity contribution < 1.29 is 4.79 Å². The molecule has 0 radical (unpaired) electrons. The quantitative estimate of drug-likeness (QED) is 0.506. The summed E-state index contributed by atoms with van der Waals surface area (Å²) in [5.41, 5.74) is 5.46. The molecule has 7 heteroatoms. The summed E-state index contributed by atoms with van der Waals surface area (Å²) in [7, 11) is 0. The number of fused-ring (bicyclic) bond motifs is 1. The van der Waals surface area contributed by atoms with Gasteiger partial charge in [0.2, 0.25) is 5.91 Å². The molecule has 3 aromatic rings. The summed E-state index contributed by atoms with van der Waals surface area (Å²) in [5.74, 6) is 0.132. The van der Waals surface area contributed by atoms with Crippen molar-refractivity contribution in [3.05, 3.63) is 57.0 Å². The van der Waals surface area contributed by atoms with Crippen molar-refractivity contribution >= 4 is 28.7 Å². The van der Waals surface area contributed by atoms with Gasteiger partial charge in [0.1, 0.15) is 5.52 Å². The Labute approximate surface area is 162 Å². The second-order valence-electron chi connectivity index (χ2n) is 6.64. The van der Waals surface area contributed by atoms with Crippen LogP contribution in [0.2, 0.25) is 0 Å². The first-order valence-corrected chi connectivity index (χ1v) is 9.93. The highest BCUT2D eigenvalue weighted by atomic mass is 32.2. The molecule has 27 heavy (non-hydrogen) atoms. The second-order valence-corrected chi connectivity index (χ2v) is 7.58.